The first-order valence-electron chi connectivity index (χ1n) is 6.75. The number of carboxylic acids is 1. The summed E-state index contributed by atoms with van der Waals surface area (Å²) in [4.78, 5) is 28.5. The number of carbonyl (C=O) groups is 2. The van der Waals surface area contributed by atoms with Crippen LogP contribution in [0, 0.1) is 5.92 Å². The third kappa shape index (κ3) is 3.66. The number of aromatic nitrogens is 1. The molecule has 0 spiro atoms. The Labute approximate surface area is 140 Å². The zero-order chi connectivity index (χ0) is 15.7. The fourth-order valence-electron chi connectivity index (χ4n) is 2.13. The highest BCUT2D eigenvalue weighted by Crippen LogP contribution is 2.34. The SMILES string of the molecule is O=C(Cc1csc(-c2ccc(Cl)s2)n1)NC(C(=O)O)C1CC1. The minimum absolute atomic E-state index is 0.0701. The standard InChI is InChI=1S/C14H13ClN2O3S2/c15-10-4-3-9(22-10)13-16-8(6-21-13)5-11(18)17-12(14(19)20)7-1-2-7/h3-4,6-7,12H,1-2,5H2,(H,17,18)(H,19,20). The molecule has 116 valence electrons. The van der Waals surface area contributed by atoms with Crippen molar-refractivity contribution in [3.05, 3.63) is 27.5 Å². The fraction of sp³-hybridized carbons (Fsp3) is 0.357. The predicted octanol–water partition coefficient (Wildman–Crippen LogP) is 3.05. The molecule has 0 aromatic carbocycles. The molecule has 1 aliphatic rings. The van der Waals surface area contributed by atoms with E-state index in [1.807, 2.05) is 17.5 Å². The largest absolute Gasteiger partial charge is 0.480 e. The number of carboxylic acid groups (broad SMARTS) is 1. The molecule has 1 amide bonds. The molecular formula is C14H13ClN2O3S2. The summed E-state index contributed by atoms with van der Waals surface area (Å²) in [6.07, 6.45) is 1.81. The molecule has 2 heterocycles. The lowest BCUT2D eigenvalue weighted by molar-refractivity contribution is -0.142. The average Bonchev–Trinajstić information content (AvgIpc) is 3.04. The third-order valence-corrected chi connectivity index (χ3v) is 5.64. The molecule has 0 bridgehead atoms. The molecular weight excluding hydrogens is 344 g/mol. The number of thiophene rings is 1. The van der Waals surface area contributed by atoms with Crippen LogP contribution >= 0.6 is 34.3 Å². The summed E-state index contributed by atoms with van der Waals surface area (Å²) >= 11 is 8.78. The number of halogens is 1. The molecule has 1 fully saturated rings. The van der Waals surface area contributed by atoms with Gasteiger partial charge in [-0.1, -0.05) is 11.6 Å². The maximum atomic E-state index is 12.0. The van der Waals surface area contributed by atoms with Gasteiger partial charge in [0.15, 0.2) is 0 Å². The molecule has 0 radical (unpaired) electrons. The van der Waals surface area contributed by atoms with Gasteiger partial charge in [-0.2, -0.15) is 0 Å². The molecule has 1 saturated carbocycles. The summed E-state index contributed by atoms with van der Waals surface area (Å²) in [6.45, 7) is 0. The van der Waals surface area contributed by atoms with Crippen molar-refractivity contribution in [2.75, 3.05) is 0 Å². The van der Waals surface area contributed by atoms with Crippen LogP contribution in [0.1, 0.15) is 18.5 Å². The zero-order valence-corrected chi connectivity index (χ0v) is 13.8. The second-order valence-electron chi connectivity index (χ2n) is 5.15. The Kier molecular flexibility index (Phi) is 4.46. The molecule has 2 N–H and O–H groups in total. The van der Waals surface area contributed by atoms with Crippen molar-refractivity contribution in [2.45, 2.75) is 25.3 Å². The number of hydrogen-bond donors (Lipinski definition) is 2. The molecule has 2 aromatic rings. The van der Waals surface area contributed by atoms with Gasteiger partial charge in [0.1, 0.15) is 11.0 Å². The number of nitrogens with one attached hydrogen (secondary N) is 1. The van der Waals surface area contributed by atoms with Crippen molar-refractivity contribution in [2.24, 2.45) is 5.92 Å². The topological polar surface area (TPSA) is 79.3 Å². The average molecular weight is 357 g/mol. The molecule has 1 unspecified atom stereocenters. The van der Waals surface area contributed by atoms with Crippen LogP contribution in [-0.4, -0.2) is 28.0 Å². The van der Waals surface area contributed by atoms with Crippen LogP contribution < -0.4 is 5.32 Å². The highest BCUT2D eigenvalue weighted by Gasteiger charge is 2.37. The number of nitrogens with zero attached hydrogens (tertiary/aromatic N) is 1. The highest BCUT2D eigenvalue weighted by molar-refractivity contribution is 7.23. The third-order valence-electron chi connectivity index (χ3n) is 3.35. The zero-order valence-electron chi connectivity index (χ0n) is 11.4. The van der Waals surface area contributed by atoms with E-state index in [4.69, 9.17) is 16.7 Å². The second kappa shape index (κ2) is 6.36. The monoisotopic (exact) mass is 356 g/mol. The normalized spacial score (nSPS) is 15.5. The van der Waals surface area contributed by atoms with Gasteiger partial charge in [-0.05, 0) is 30.9 Å². The lowest BCUT2D eigenvalue weighted by atomic mass is 10.2. The number of amides is 1. The first kappa shape index (κ1) is 15.5. The molecule has 22 heavy (non-hydrogen) atoms. The van der Waals surface area contributed by atoms with Gasteiger partial charge in [0.05, 0.1) is 21.3 Å². The van der Waals surface area contributed by atoms with E-state index in [9.17, 15) is 9.59 Å². The van der Waals surface area contributed by atoms with Gasteiger partial charge in [-0.15, -0.1) is 22.7 Å². The number of rotatable bonds is 6. The van der Waals surface area contributed by atoms with Crippen molar-refractivity contribution in [3.63, 3.8) is 0 Å². The van der Waals surface area contributed by atoms with Crippen LogP contribution in [0.4, 0.5) is 0 Å². The Morgan fingerprint density at radius 2 is 2.23 bits per heavy atom. The quantitative estimate of drug-likeness (QED) is 0.833. The van der Waals surface area contributed by atoms with Crippen LogP contribution in [0.15, 0.2) is 17.5 Å². The Morgan fingerprint density at radius 3 is 2.82 bits per heavy atom. The van der Waals surface area contributed by atoms with Crippen LogP contribution in [0.5, 0.6) is 0 Å². The molecule has 0 aliphatic heterocycles. The van der Waals surface area contributed by atoms with Gasteiger partial charge >= 0.3 is 5.97 Å². The molecule has 8 heteroatoms. The maximum absolute atomic E-state index is 12.0. The van der Waals surface area contributed by atoms with Gasteiger partial charge in [-0.25, -0.2) is 9.78 Å². The van der Waals surface area contributed by atoms with Gasteiger partial charge in [0.25, 0.3) is 0 Å². The van der Waals surface area contributed by atoms with Crippen LogP contribution in [0.2, 0.25) is 4.34 Å². The summed E-state index contributed by atoms with van der Waals surface area (Å²) in [5, 5.41) is 14.3. The van der Waals surface area contributed by atoms with Crippen molar-refractivity contribution in [1.29, 1.82) is 0 Å². The summed E-state index contributed by atoms with van der Waals surface area (Å²) in [7, 11) is 0. The molecule has 0 saturated heterocycles. The van der Waals surface area contributed by atoms with E-state index in [1.165, 1.54) is 22.7 Å². The first-order valence-corrected chi connectivity index (χ1v) is 8.82. The number of aliphatic carboxylic acids is 1. The molecule has 5 nitrogen and oxygen atoms in total. The summed E-state index contributed by atoms with van der Waals surface area (Å²) in [5.74, 6) is -1.20. The highest BCUT2D eigenvalue weighted by atomic mass is 35.5. The molecule has 2 aromatic heterocycles. The van der Waals surface area contributed by atoms with Gasteiger partial charge in [-0.3, -0.25) is 4.79 Å². The Morgan fingerprint density at radius 1 is 1.45 bits per heavy atom. The van der Waals surface area contributed by atoms with E-state index >= 15 is 0 Å². The number of carbonyl (C=O) groups excluding carboxylic acids is 1. The Bertz CT molecular complexity index is 709. The second-order valence-corrected chi connectivity index (χ2v) is 7.72. The smallest absolute Gasteiger partial charge is 0.326 e. The minimum Gasteiger partial charge on any atom is -0.480 e. The van der Waals surface area contributed by atoms with Crippen molar-refractivity contribution in [3.8, 4) is 9.88 Å². The van der Waals surface area contributed by atoms with Crippen LogP contribution in [0.3, 0.4) is 0 Å². The van der Waals surface area contributed by atoms with Crippen molar-refractivity contribution < 1.29 is 14.7 Å². The Balaban J connectivity index is 1.62. The van der Waals surface area contributed by atoms with E-state index in [0.29, 0.717) is 10.0 Å². The minimum atomic E-state index is -0.969. The summed E-state index contributed by atoms with van der Waals surface area (Å²) in [5.41, 5.74) is 0.641. The molecule has 3 rings (SSSR count). The van der Waals surface area contributed by atoms with Crippen molar-refractivity contribution in [1.82, 2.24) is 10.3 Å². The van der Waals surface area contributed by atoms with E-state index in [0.717, 1.165) is 22.7 Å². The lowest BCUT2D eigenvalue weighted by Crippen LogP contribution is -2.43. The van der Waals surface area contributed by atoms with E-state index in [2.05, 4.69) is 10.3 Å². The van der Waals surface area contributed by atoms with E-state index < -0.39 is 12.0 Å². The van der Waals surface area contributed by atoms with Gasteiger partial charge < -0.3 is 10.4 Å². The fourth-order valence-corrected chi connectivity index (χ4v) is 4.07. The van der Waals surface area contributed by atoms with Crippen molar-refractivity contribution >= 4 is 46.2 Å². The van der Waals surface area contributed by atoms with Gasteiger partial charge in [0, 0.05) is 5.38 Å². The van der Waals surface area contributed by atoms with E-state index in [1.54, 1.807) is 0 Å². The summed E-state index contributed by atoms with van der Waals surface area (Å²) in [6, 6.07) is 2.92. The van der Waals surface area contributed by atoms with Gasteiger partial charge in [0.2, 0.25) is 5.91 Å². The lowest BCUT2D eigenvalue weighted by Gasteiger charge is -2.12. The summed E-state index contributed by atoms with van der Waals surface area (Å²) < 4.78 is 0.693. The maximum Gasteiger partial charge on any atom is 0.326 e. The van der Waals surface area contributed by atoms with Crippen LogP contribution in [-0.2, 0) is 16.0 Å². The molecule has 1 atom stereocenters. The predicted molar refractivity (Wildman–Crippen MR) is 86.4 cm³/mol. The van der Waals surface area contributed by atoms with E-state index in [-0.39, 0.29) is 18.2 Å². The molecule has 1 aliphatic carbocycles. The number of hydrogen-bond acceptors (Lipinski definition) is 5. The Hall–Kier alpha value is -1.44. The number of thiazole rings is 1. The first-order chi connectivity index (χ1) is 10.5. The van der Waals surface area contributed by atoms with Crippen LogP contribution in [0.25, 0.3) is 9.88 Å².